The lowest BCUT2D eigenvalue weighted by Crippen LogP contribution is -2.10. The van der Waals surface area contributed by atoms with E-state index in [9.17, 15) is 9.59 Å². The van der Waals surface area contributed by atoms with Crippen LogP contribution in [0.4, 0.5) is 0 Å². The first kappa shape index (κ1) is 27.6. The van der Waals surface area contributed by atoms with Crippen molar-refractivity contribution in [2.24, 2.45) is 5.92 Å². The average molecular weight is 435 g/mol. The van der Waals surface area contributed by atoms with E-state index in [4.69, 9.17) is 0 Å². The summed E-state index contributed by atoms with van der Waals surface area (Å²) in [6.07, 6.45) is 11.7. The van der Waals surface area contributed by atoms with Crippen LogP contribution in [0.15, 0.2) is 60.2 Å². The van der Waals surface area contributed by atoms with Crippen molar-refractivity contribution in [2.45, 2.75) is 85.0 Å². The molecule has 0 heterocycles. The van der Waals surface area contributed by atoms with E-state index < -0.39 is 0 Å². The first-order valence-corrected chi connectivity index (χ1v) is 12.1. The van der Waals surface area contributed by atoms with Gasteiger partial charge in [-0.05, 0) is 59.4 Å². The lowest BCUT2D eigenvalue weighted by Gasteiger charge is -2.19. The van der Waals surface area contributed by atoms with Crippen LogP contribution in [0.3, 0.4) is 0 Å². The van der Waals surface area contributed by atoms with E-state index in [1.54, 1.807) is 0 Å². The second kappa shape index (κ2) is 15.3. The molecule has 32 heavy (non-hydrogen) atoms. The van der Waals surface area contributed by atoms with Gasteiger partial charge < -0.3 is 4.79 Å². The molecule has 0 saturated heterocycles. The fourth-order valence-electron chi connectivity index (χ4n) is 3.32. The van der Waals surface area contributed by atoms with E-state index in [2.05, 4.69) is 52.0 Å². The van der Waals surface area contributed by atoms with Gasteiger partial charge in [-0.2, -0.15) is 0 Å². The van der Waals surface area contributed by atoms with Crippen LogP contribution in [0.25, 0.3) is 6.08 Å². The summed E-state index contributed by atoms with van der Waals surface area (Å²) in [4.78, 5) is 21.4. The maximum absolute atomic E-state index is 10.9. The molecule has 2 rings (SSSR count). The molecule has 0 saturated carbocycles. The number of benzene rings is 2. The Morgan fingerprint density at radius 2 is 1.56 bits per heavy atom. The minimum atomic E-state index is 0.169. The quantitative estimate of drug-likeness (QED) is 0.204. The van der Waals surface area contributed by atoms with E-state index in [1.807, 2.05) is 43.3 Å². The maximum atomic E-state index is 10.9. The van der Waals surface area contributed by atoms with Gasteiger partial charge in [-0.25, -0.2) is 0 Å². The SMILES string of the molecule is CC(C=O)CCc1ccc(C(C)(C)C)cc1.CCCCCCC(C=O)=Cc1ccccc1. The van der Waals surface area contributed by atoms with Gasteiger partial charge in [-0.3, -0.25) is 4.79 Å². The number of aryl methyl sites for hydroxylation is 1. The molecular formula is C30H42O2. The third-order valence-corrected chi connectivity index (χ3v) is 5.56. The molecule has 0 aromatic heterocycles. The second-order valence-electron chi connectivity index (χ2n) is 9.66. The molecule has 1 atom stereocenters. The van der Waals surface area contributed by atoms with Gasteiger partial charge in [0.05, 0.1) is 0 Å². The average Bonchev–Trinajstić information content (AvgIpc) is 2.80. The minimum absolute atomic E-state index is 0.169. The van der Waals surface area contributed by atoms with Crippen molar-refractivity contribution in [3.63, 3.8) is 0 Å². The zero-order valence-corrected chi connectivity index (χ0v) is 20.8. The van der Waals surface area contributed by atoms with Crippen LogP contribution >= 0.6 is 0 Å². The Balaban J connectivity index is 0.000000320. The number of unbranched alkanes of at least 4 members (excludes halogenated alkanes) is 3. The van der Waals surface area contributed by atoms with Gasteiger partial charge >= 0.3 is 0 Å². The van der Waals surface area contributed by atoms with Gasteiger partial charge in [0.1, 0.15) is 12.6 Å². The number of carbonyl (C=O) groups is 2. The molecule has 2 nitrogen and oxygen atoms in total. The Labute approximate surface area is 196 Å². The van der Waals surface area contributed by atoms with Gasteiger partial charge in [0.25, 0.3) is 0 Å². The van der Waals surface area contributed by atoms with Crippen LogP contribution in [-0.4, -0.2) is 12.6 Å². The monoisotopic (exact) mass is 434 g/mol. The molecule has 0 spiro atoms. The third kappa shape index (κ3) is 11.8. The summed E-state index contributed by atoms with van der Waals surface area (Å²) in [7, 11) is 0. The van der Waals surface area contributed by atoms with Crippen molar-refractivity contribution >= 4 is 18.6 Å². The van der Waals surface area contributed by atoms with Crippen molar-refractivity contribution in [3.05, 3.63) is 76.9 Å². The number of aldehydes is 2. The molecule has 0 bridgehead atoms. The summed E-state index contributed by atoms with van der Waals surface area (Å²) in [5.41, 5.74) is 4.91. The summed E-state index contributed by atoms with van der Waals surface area (Å²) in [6.45, 7) is 10.8. The molecule has 0 aliphatic carbocycles. The Hall–Kier alpha value is -2.48. The summed E-state index contributed by atoms with van der Waals surface area (Å²) in [6, 6.07) is 18.8. The normalized spacial score (nSPS) is 12.5. The standard InChI is InChI=1S/C15H22O.C15H20O/c1-12(11-16)5-6-13-7-9-14(10-8-13)15(2,3)4;1-2-3-4-6-11-15(13-16)12-14-9-7-5-8-10-14/h7-12H,5-6H2,1-4H3;5,7-10,12-13H,2-4,6,11H2,1H3. The smallest absolute Gasteiger partial charge is 0.146 e. The fourth-order valence-corrected chi connectivity index (χ4v) is 3.32. The van der Waals surface area contributed by atoms with Gasteiger partial charge in [0.15, 0.2) is 0 Å². The molecule has 2 aromatic rings. The lowest BCUT2D eigenvalue weighted by molar-refractivity contribution is -0.110. The van der Waals surface area contributed by atoms with E-state index in [0.29, 0.717) is 0 Å². The Morgan fingerprint density at radius 3 is 2.09 bits per heavy atom. The zero-order valence-electron chi connectivity index (χ0n) is 20.8. The number of hydrogen-bond acceptors (Lipinski definition) is 2. The van der Waals surface area contributed by atoms with E-state index in [0.717, 1.165) is 49.4 Å². The summed E-state index contributed by atoms with van der Waals surface area (Å²) in [5.74, 6) is 0.169. The largest absolute Gasteiger partial charge is 0.303 e. The number of hydrogen-bond donors (Lipinski definition) is 0. The van der Waals surface area contributed by atoms with Crippen molar-refractivity contribution < 1.29 is 9.59 Å². The Morgan fingerprint density at radius 1 is 0.906 bits per heavy atom. The molecule has 2 heteroatoms. The lowest BCUT2D eigenvalue weighted by atomic mass is 9.86. The molecule has 0 radical (unpaired) electrons. The van der Waals surface area contributed by atoms with Crippen molar-refractivity contribution in [3.8, 4) is 0 Å². The van der Waals surface area contributed by atoms with Gasteiger partial charge in [-0.15, -0.1) is 0 Å². The molecule has 0 aliphatic rings. The van der Waals surface area contributed by atoms with E-state index in [-0.39, 0.29) is 11.3 Å². The summed E-state index contributed by atoms with van der Waals surface area (Å²) >= 11 is 0. The maximum Gasteiger partial charge on any atom is 0.146 e. The fraction of sp³-hybridized carbons (Fsp3) is 0.467. The van der Waals surface area contributed by atoms with E-state index in [1.165, 1.54) is 30.4 Å². The molecule has 0 aliphatic heterocycles. The topological polar surface area (TPSA) is 34.1 Å². The summed E-state index contributed by atoms with van der Waals surface area (Å²) < 4.78 is 0. The van der Waals surface area contributed by atoms with Crippen LogP contribution in [0.1, 0.15) is 89.8 Å². The number of carbonyl (C=O) groups excluding carboxylic acids is 2. The Kier molecular flexibility index (Phi) is 13.2. The van der Waals surface area contributed by atoms with Gasteiger partial charge in [-0.1, -0.05) is 108 Å². The predicted octanol–water partition coefficient (Wildman–Crippen LogP) is 7.99. The van der Waals surface area contributed by atoms with Crippen LogP contribution < -0.4 is 0 Å². The van der Waals surface area contributed by atoms with E-state index >= 15 is 0 Å². The van der Waals surface area contributed by atoms with Gasteiger partial charge in [0, 0.05) is 5.92 Å². The third-order valence-electron chi connectivity index (χ3n) is 5.56. The van der Waals surface area contributed by atoms with Crippen molar-refractivity contribution in [1.82, 2.24) is 0 Å². The molecular weight excluding hydrogens is 392 g/mol. The van der Waals surface area contributed by atoms with Crippen LogP contribution in [0, 0.1) is 5.92 Å². The summed E-state index contributed by atoms with van der Waals surface area (Å²) in [5, 5.41) is 0. The van der Waals surface area contributed by atoms with Gasteiger partial charge in [0.2, 0.25) is 0 Å². The molecule has 2 aromatic carbocycles. The number of rotatable bonds is 11. The van der Waals surface area contributed by atoms with Crippen molar-refractivity contribution in [1.29, 1.82) is 0 Å². The molecule has 0 fully saturated rings. The first-order valence-electron chi connectivity index (χ1n) is 12.1. The molecule has 174 valence electrons. The highest BCUT2D eigenvalue weighted by Gasteiger charge is 2.12. The van der Waals surface area contributed by atoms with Crippen LogP contribution in [0.5, 0.6) is 0 Å². The predicted molar refractivity (Wildman–Crippen MR) is 138 cm³/mol. The zero-order chi connectivity index (χ0) is 23.8. The highest BCUT2D eigenvalue weighted by atomic mass is 16.1. The van der Waals surface area contributed by atoms with Crippen LogP contribution in [-0.2, 0) is 21.4 Å². The first-order chi connectivity index (χ1) is 15.3. The molecule has 0 amide bonds. The highest BCUT2D eigenvalue weighted by Crippen LogP contribution is 2.22. The molecule has 0 N–H and O–H groups in total. The highest BCUT2D eigenvalue weighted by molar-refractivity contribution is 5.81. The number of allylic oxidation sites excluding steroid dienone is 1. The Bertz CT molecular complexity index is 795. The minimum Gasteiger partial charge on any atom is -0.303 e. The van der Waals surface area contributed by atoms with Crippen LogP contribution in [0.2, 0.25) is 0 Å². The molecule has 1 unspecified atom stereocenters. The second-order valence-corrected chi connectivity index (χ2v) is 9.66. The van der Waals surface area contributed by atoms with Crippen molar-refractivity contribution in [2.75, 3.05) is 0 Å².